The molecule has 0 bridgehead atoms. The zero-order valence-corrected chi connectivity index (χ0v) is 8.76. The van der Waals surface area contributed by atoms with Crippen LogP contribution >= 0.6 is 0 Å². The molecule has 80 valence electrons. The molecule has 0 saturated carbocycles. The van der Waals surface area contributed by atoms with E-state index in [-0.39, 0.29) is 0 Å². The molecule has 2 nitrogen and oxygen atoms in total. The standard InChI is InChI=1S/C13H16O2/c14-12-15-11-7-2-1-4-8-13-9-5-3-6-10-13/h1-3,5-6,9-10,12H,4,7-8,11H2/b2-1+. The van der Waals surface area contributed by atoms with Crippen LogP contribution in [0.2, 0.25) is 0 Å². The third-order valence-corrected chi connectivity index (χ3v) is 2.08. The Morgan fingerprint density at radius 3 is 2.53 bits per heavy atom. The van der Waals surface area contributed by atoms with Gasteiger partial charge in [0.05, 0.1) is 6.61 Å². The van der Waals surface area contributed by atoms with E-state index in [4.69, 9.17) is 0 Å². The molecule has 0 heterocycles. The van der Waals surface area contributed by atoms with Crippen molar-refractivity contribution >= 4 is 6.47 Å². The Labute approximate surface area is 90.6 Å². The molecule has 0 N–H and O–H groups in total. The lowest BCUT2D eigenvalue weighted by Gasteiger charge is -1.96. The first-order valence-electron chi connectivity index (χ1n) is 5.17. The smallest absolute Gasteiger partial charge is 0.293 e. The second-order valence-corrected chi connectivity index (χ2v) is 3.25. The van der Waals surface area contributed by atoms with Gasteiger partial charge in [-0.1, -0.05) is 42.5 Å². The van der Waals surface area contributed by atoms with Gasteiger partial charge in [-0.05, 0) is 24.8 Å². The van der Waals surface area contributed by atoms with E-state index in [9.17, 15) is 4.79 Å². The van der Waals surface area contributed by atoms with Gasteiger partial charge in [0.25, 0.3) is 6.47 Å². The summed E-state index contributed by atoms with van der Waals surface area (Å²) in [4.78, 5) is 9.83. The largest absolute Gasteiger partial charge is 0.468 e. The first-order valence-corrected chi connectivity index (χ1v) is 5.17. The number of carbonyl (C=O) groups excluding carboxylic acids is 1. The number of hydrogen-bond acceptors (Lipinski definition) is 2. The first kappa shape index (κ1) is 11.5. The highest BCUT2D eigenvalue weighted by molar-refractivity contribution is 5.36. The van der Waals surface area contributed by atoms with Gasteiger partial charge >= 0.3 is 0 Å². The average Bonchev–Trinajstić information content (AvgIpc) is 2.29. The van der Waals surface area contributed by atoms with Gasteiger partial charge in [0.1, 0.15) is 0 Å². The maximum absolute atomic E-state index is 9.83. The van der Waals surface area contributed by atoms with E-state index in [2.05, 4.69) is 35.1 Å². The molecule has 0 unspecified atom stereocenters. The van der Waals surface area contributed by atoms with Crippen molar-refractivity contribution in [3.8, 4) is 0 Å². The van der Waals surface area contributed by atoms with Crippen LogP contribution in [0, 0.1) is 0 Å². The molecule has 0 aliphatic heterocycles. The summed E-state index contributed by atoms with van der Waals surface area (Å²) in [5.41, 5.74) is 1.35. The van der Waals surface area contributed by atoms with Gasteiger partial charge in [-0.25, -0.2) is 0 Å². The number of carbonyl (C=O) groups is 1. The van der Waals surface area contributed by atoms with Crippen LogP contribution in [-0.4, -0.2) is 13.1 Å². The molecule has 1 rings (SSSR count). The highest BCUT2D eigenvalue weighted by Crippen LogP contribution is 2.02. The van der Waals surface area contributed by atoms with Gasteiger partial charge in [-0.15, -0.1) is 0 Å². The number of allylic oxidation sites excluding steroid dienone is 1. The Kier molecular flexibility index (Phi) is 5.98. The van der Waals surface area contributed by atoms with Crippen molar-refractivity contribution in [1.29, 1.82) is 0 Å². The lowest BCUT2D eigenvalue weighted by molar-refractivity contribution is -0.128. The molecule has 0 radical (unpaired) electrons. The Bertz CT molecular complexity index is 291. The Morgan fingerprint density at radius 2 is 1.80 bits per heavy atom. The van der Waals surface area contributed by atoms with E-state index in [1.807, 2.05) is 12.1 Å². The van der Waals surface area contributed by atoms with Crippen LogP contribution in [-0.2, 0) is 16.0 Å². The van der Waals surface area contributed by atoms with E-state index in [1.165, 1.54) is 5.56 Å². The van der Waals surface area contributed by atoms with Crippen molar-refractivity contribution in [3.05, 3.63) is 48.0 Å². The molecular weight excluding hydrogens is 188 g/mol. The predicted molar refractivity (Wildman–Crippen MR) is 60.5 cm³/mol. The van der Waals surface area contributed by atoms with Crippen LogP contribution in [0.1, 0.15) is 18.4 Å². The van der Waals surface area contributed by atoms with Gasteiger partial charge in [-0.2, -0.15) is 0 Å². The first-order chi connectivity index (χ1) is 7.43. The fourth-order valence-electron chi connectivity index (χ4n) is 1.31. The van der Waals surface area contributed by atoms with Gasteiger partial charge < -0.3 is 4.74 Å². The Morgan fingerprint density at radius 1 is 1.07 bits per heavy atom. The minimum Gasteiger partial charge on any atom is -0.468 e. The summed E-state index contributed by atoms with van der Waals surface area (Å²) < 4.78 is 4.57. The van der Waals surface area contributed by atoms with Crippen LogP contribution in [0.4, 0.5) is 0 Å². The molecule has 15 heavy (non-hydrogen) atoms. The van der Waals surface area contributed by atoms with Crippen molar-refractivity contribution < 1.29 is 9.53 Å². The van der Waals surface area contributed by atoms with Gasteiger partial charge in [0, 0.05) is 0 Å². The Balaban J connectivity index is 2.08. The number of hydrogen-bond donors (Lipinski definition) is 0. The fraction of sp³-hybridized carbons (Fsp3) is 0.308. The van der Waals surface area contributed by atoms with Gasteiger partial charge in [0.15, 0.2) is 0 Å². The van der Waals surface area contributed by atoms with Crippen molar-refractivity contribution in [2.45, 2.75) is 19.3 Å². The quantitative estimate of drug-likeness (QED) is 0.388. The zero-order valence-electron chi connectivity index (χ0n) is 8.76. The molecule has 0 aliphatic carbocycles. The summed E-state index contributed by atoms with van der Waals surface area (Å²) in [5.74, 6) is 0. The Hall–Kier alpha value is -1.57. The number of aryl methyl sites for hydroxylation is 1. The molecule has 0 amide bonds. The number of rotatable bonds is 7. The molecule has 0 fully saturated rings. The summed E-state index contributed by atoms with van der Waals surface area (Å²) in [5, 5.41) is 0. The van der Waals surface area contributed by atoms with Crippen molar-refractivity contribution in [1.82, 2.24) is 0 Å². The maximum atomic E-state index is 9.83. The zero-order chi connectivity index (χ0) is 10.8. The third kappa shape index (κ3) is 5.68. The van der Waals surface area contributed by atoms with E-state index in [0.29, 0.717) is 13.1 Å². The molecule has 0 aromatic heterocycles. The van der Waals surface area contributed by atoms with E-state index in [1.54, 1.807) is 0 Å². The molecule has 1 aromatic carbocycles. The molecule has 0 atom stereocenters. The lowest BCUT2D eigenvalue weighted by Crippen LogP contribution is -1.88. The summed E-state index contributed by atoms with van der Waals surface area (Å²) in [6.07, 6.45) is 7.07. The molecule has 0 aliphatic rings. The van der Waals surface area contributed by atoms with Crippen LogP contribution < -0.4 is 0 Å². The normalized spacial score (nSPS) is 10.4. The summed E-state index contributed by atoms with van der Waals surface area (Å²) >= 11 is 0. The topological polar surface area (TPSA) is 26.3 Å². The molecule has 0 spiro atoms. The average molecular weight is 204 g/mol. The van der Waals surface area contributed by atoms with E-state index in [0.717, 1.165) is 19.3 Å². The minimum absolute atomic E-state index is 0.478. The summed E-state index contributed by atoms with van der Waals surface area (Å²) in [7, 11) is 0. The second-order valence-electron chi connectivity index (χ2n) is 3.25. The van der Waals surface area contributed by atoms with Crippen LogP contribution in [0.15, 0.2) is 42.5 Å². The highest BCUT2D eigenvalue weighted by atomic mass is 16.5. The maximum Gasteiger partial charge on any atom is 0.293 e. The second kappa shape index (κ2) is 7.80. The van der Waals surface area contributed by atoms with Crippen molar-refractivity contribution in [3.63, 3.8) is 0 Å². The van der Waals surface area contributed by atoms with Crippen LogP contribution in [0.5, 0.6) is 0 Å². The number of ether oxygens (including phenoxy) is 1. The minimum atomic E-state index is 0.478. The van der Waals surface area contributed by atoms with Crippen molar-refractivity contribution in [2.75, 3.05) is 6.61 Å². The third-order valence-electron chi connectivity index (χ3n) is 2.08. The van der Waals surface area contributed by atoms with Crippen LogP contribution in [0.25, 0.3) is 0 Å². The predicted octanol–water partition coefficient (Wildman–Crippen LogP) is 2.74. The number of benzene rings is 1. The fourth-order valence-corrected chi connectivity index (χ4v) is 1.31. The van der Waals surface area contributed by atoms with E-state index < -0.39 is 0 Å². The van der Waals surface area contributed by atoms with Gasteiger partial charge in [-0.3, -0.25) is 4.79 Å². The highest BCUT2D eigenvalue weighted by Gasteiger charge is 1.87. The summed E-state index contributed by atoms with van der Waals surface area (Å²) in [6.45, 7) is 0.961. The summed E-state index contributed by atoms with van der Waals surface area (Å²) in [6, 6.07) is 10.4. The molecule has 0 saturated heterocycles. The molecule has 1 aromatic rings. The molecule has 2 heteroatoms. The van der Waals surface area contributed by atoms with Gasteiger partial charge in [0.2, 0.25) is 0 Å². The molecular formula is C13H16O2. The SMILES string of the molecule is O=COCC/C=C/CCc1ccccc1. The van der Waals surface area contributed by atoms with Crippen molar-refractivity contribution in [2.24, 2.45) is 0 Å². The lowest BCUT2D eigenvalue weighted by atomic mass is 10.1. The van der Waals surface area contributed by atoms with Crippen LogP contribution in [0.3, 0.4) is 0 Å². The monoisotopic (exact) mass is 204 g/mol. The van der Waals surface area contributed by atoms with E-state index >= 15 is 0 Å².